The van der Waals surface area contributed by atoms with Crippen LogP contribution in [0.1, 0.15) is 35.7 Å². The minimum atomic E-state index is -1.14. The Labute approximate surface area is 117 Å². The first kappa shape index (κ1) is 14.1. The first-order chi connectivity index (χ1) is 9.49. The van der Waals surface area contributed by atoms with Crippen LogP contribution in [0.2, 0.25) is 0 Å². The summed E-state index contributed by atoms with van der Waals surface area (Å²) in [6.45, 7) is 2.03. The SMILES string of the molecule is CC1(C(=O)O)CCCN1C(=O)c1cccc(CC#N)c1. The Morgan fingerprint density at radius 1 is 1.50 bits per heavy atom. The number of amides is 1. The minimum Gasteiger partial charge on any atom is -0.480 e. The summed E-state index contributed by atoms with van der Waals surface area (Å²) in [7, 11) is 0. The van der Waals surface area contributed by atoms with E-state index in [2.05, 4.69) is 0 Å². The number of benzene rings is 1. The van der Waals surface area contributed by atoms with Crippen LogP contribution in [0.5, 0.6) is 0 Å². The van der Waals surface area contributed by atoms with Gasteiger partial charge in [-0.25, -0.2) is 4.79 Å². The van der Waals surface area contributed by atoms with E-state index in [9.17, 15) is 14.7 Å². The van der Waals surface area contributed by atoms with Crippen molar-refractivity contribution in [3.8, 4) is 6.07 Å². The average Bonchev–Trinajstić information content (AvgIpc) is 2.82. The third-order valence-electron chi connectivity index (χ3n) is 3.80. The van der Waals surface area contributed by atoms with Gasteiger partial charge >= 0.3 is 5.97 Å². The molecule has 1 aromatic carbocycles. The minimum absolute atomic E-state index is 0.233. The van der Waals surface area contributed by atoms with Crippen LogP contribution < -0.4 is 0 Å². The quantitative estimate of drug-likeness (QED) is 0.910. The van der Waals surface area contributed by atoms with Crippen molar-refractivity contribution in [3.05, 3.63) is 35.4 Å². The Kier molecular flexibility index (Phi) is 3.75. The fourth-order valence-electron chi connectivity index (χ4n) is 2.57. The Morgan fingerprint density at radius 3 is 2.90 bits per heavy atom. The van der Waals surface area contributed by atoms with Gasteiger partial charge < -0.3 is 10.0 Å². The number of carboxylic acids is 1. The lowest BCUT2D eigenvalue weighted by Crippen LogP contribution is -2.50. The zero-order valence-corrected chi connectivity index (χ0v) is 11.3. The molecule has 0 aliphatic carbocycles. The molecule has 1 aromatic rings. The van der Waals surface area contributed by atoms with Crippen LogP contribution in [0.25, 0.3) is 0 Å². The Bertz CT molecular complexity index is 591. The van der Waals surface area contributed by atoms with E-state index in [0.29, 0.717) is 24.9 Å². The second kappa shape index (κ2) is 5.33. The number of hydrogen-bond acceptors (Lipinski definition) is 3. The van der Waals surface area contributed by atoms with Crippen molar-refractivity contribution in [2.24, 2.45) is 0 Å². The molecule has 1 aliphatic heterocycles. The van der Waals surface area contributed by atoms with Gasteiger partial charge in [-0.2, -0.15) is 5.26 Å². The number of nitriles is 1. The molecule has 1 fully saturated rings. The van der Waals surface area contributed by atoms with Gasteiger partial charge in [0.05, 0.1) is 12.5 Å². The lowest BCUT2D eigenvalue weighted by atomic mass is 9.98. The van der Waals surface area contributed by atoms with Crippen LogP contribution in [-0.2, 0) is 11.2 Å². The summed E-state index contributed by atoms with van der Waals surface area (Å²) in [5, 5.41) is 18.0. The molecule has 1 heterocycles. The molecule has 1 unspecified atom stereocenters. The lowest BCUT2D eigenvalue weighted by Gasteiger charge is -2.31. The topological polar surface area (TPSA) is 81.4 Å². The number of carbonyl (C=O) groups is 2. The van der Waals surface area contributed by atoms with Gasteiger partial charge in [-0.1, -0.05) is 12.1 Å². The normalized spacial score (nSPS) is 21.5. The predicted octanol–water partition coefficient (Wildman–Crippen LogP) is 1.83. The molecular weight excluding hydrogens is 256 g/mol. The van der Waals surface area contributed by atoms with Gasteiger partial charge in [0.1, 0.15) is 5.54 Å². The van der Waals surface area contributed by atoms with Crippen LogP contribution in [-0.4, -0.2) is 34.0 Å². The van der Waals surface area contributed by atoms with E-state index in [1.807, 2.05) is 6.07 Å². The number of likely N-dealkylation sites (tertiary alicyclic amines) is 1. The molecule has 0 saturated carbocycles. The van der Waals surface area contributed by atoms with E-state index in [-0.39, 0.29) is 12.3 Å². The summed E-state index contributed by atoms with van der Waals surface area (Å²) in [4.78, 5) is 25.3. The van der Waals surface area contributed by atoms with Gasteiger partial charge in [-0.05, 0) is 37.5 Å². The fraction of sp³-hybridized carbons (Fsp3) is 0.400. The molecular formula is C15H16N2O3. The van der Waals surface area contributed by atoms with Crippen molar-refractivity contribution in [1.82, 2.24) is 4.90 Å². The Balaban J connectivity index is 2.30. The summed E-state index contributed by atoms with van der Waals surface area (Å²) in [6.07, 6.45) is 1.38. The highest BCUT2D eigenvalue weighted by Crippen LogP contribution is 2.30. The highest BCUT2D eigenvalue weighted by atomic mass is 16.4. The molecule has 1 N–H and O–H groups in total. The van der Waals surface area contributed by atoms with Crippen molar-refractivity contribution < 1.29 is 14.7 Å². The van der Waals surface area contributed by atoms with Gasteiger partial charge in [-0.3, -0.25) is 4.79 Å². The summed E-state index contributed by atoms with van der Waals surface area (Å²) in [6, 6.07) is 8.85. The highest BCUT2D eigenvalue weighted by molar-refractivity contribution is 5.98. The maximum atomic E-state index is 12.5. The molecule has 2 rings (SSSR count). The second-order valence-corrected chi connectivity index (χ2v) is 5.17. The Hall–Kier alpha value is -2.35. The number of aliphatic carboxylic acids is 1. The largest absolute Gasteiger partial charge is 0.480 e. The van der Waals surface area contributed by atoms with E-state index in [1.54, 1.807) is 31.2 Å². The van der Waals surface area contributed by atoms with Crippen LogP contribution in [0.15, 0.2) is 24.3 Å². The molecule has 0 radical (unpaired) electrons. The third kappa shape index (κ3) is 2.37. The fourth-order valence-corrected chi connectivity index (χ4v) is 2.57. The summed E-state index contributed by atoms with van der Waals surface area (Å²) in [5.41, 5.74) is 0.0594. The van der Waals surface area contributed by atoms with Crippen molar-refractivity contribution in [3.63, 3.8) is 0 Å². The van der Waals surface area contributed by atoms with Gasteiger partial charge in [-0.15, -0.1) is 0 Å². The van der Waals surface area contributed by atoms with E-state index in [1.165, 1.54) is 4.90 Å². The van der Waals surface area contributed by atoms with Gasteiger partial charge in [0.15, 0.2) is 0 Å². The molecule has 1 amide bonds. The van der Waals surface area contributed by atoms with E-state index < -0.39 is 11.5 Å². The van der Waals surface area contributed by atoms with Crippen molar-refractivity contribution in [2.45, 2.75) is 31.7 Å². The number of carbonyl (C=O) groups excluding carboxylic acids is 1. The molecule has 1 saturated heterocycles. The predicted molar refractivity (Wildman–Crippen MR) is 72.1 cm³/mol. The van der Waals surface area contributed by atoms with Crippen LogP contribution in [0, 0.1) is 11.3 Å². The molecule has 1 atom stereocenters. The second-order valence-electron chi connectivity index (χ2n) is 5.17. The van der Waals surface area contributed by atoms with E-state index in [4.69, 9.17) is 5.26 Å². The van der Waals surface area contributed by atoms with Crippen LogP contribution in [0.3, 0.4) is 0 Å². The van der Waals surface area contributed by atoms with Gasteiger partial charge in [0.25, 0.3) is 5.91 Å². The molecule has 5 nitrogen and oxygen atoms in total. The van der Waals surface area contributed by atoms with E-state index >= 15 is 0 Å². The molecule has 0 bridgehead atoms. The Morgan fingerprint density at radius 2 is 2.25 bits per heavy atom. The third-order valence-corrected chi connectivity index (χ3v) is 3.80. The number of hydrogen-bond donors (Lipinski definition) is 1. The standard InChI is InChI=1S/C15H16N2O3/c1-15(14(19)20)7-3-9-17(15)13(18)12-5-2-4-11(10-12)6-8-16/h2,4-5,10H,3,6-7,9H2,1H3,(H,19,20). The molecule has 20 heavy (non-hydrogen) atoms. The molecule has 0 spiro atoms. The van der Waals surface area contributed by atoms with Crippen LogP contribution in [0.4, 0.5) is 0 Å². The maximum absolute atomic E-state index is 12.5. The number of nitrogens with zero attached hydrogens (tertiary/aromatic N) is 2. The summed E-state index contributed by atoms with van der Waals surface area (Å²) in [5.74, 6) is -1.26. The summed E-state index contributed by atoms with van der Waals surface area (Å²) < 4.78 is 0. The van der Waals surface area contributed by atoms with Gasteiger partial charge in [0.2, 0.25) is 0 Å². The first-order valence-corrected chi connectivity index (χ1v) is 6.50. The van der Waals surface area contributed by atoms with Crippen molar-refractivity contribution >= 4 is 11.9 Å². The summed E-state index contributed by atoms with van der Waals surface area (Å²) >= 11 is 0. The first-order valence-electron chi connectivity index (χ1n) is 6.50. The molecule has 0 aromatic heterocycles. The molecule has 104 valence electrons. The molecule has 1 aliphatic rings. The highest BCUT2D eigenvalue weighted by Gasteiger charge is 2.46. The zero-order chi connectivity index (χ0) is 14.8. The average molecular weight is 272 g/mol. The molecule has 5 heteroatoms. The number of rotatable bonds is 3. The monoisotopic (exact) mass is 272 g/mol. The van der Waals surface area contributed by atoms with E-state index in [0.717, 1.165) is 5.56 Å². The lowest BCUT2D eigenvalue weighted by molar-refractivity contribution is -0.147. The zero-order valence-electron chi connectivity index (χ0n) is 11.3. The maximum Gasteiger partial charge on any atom is 0.329 e. The van der Waals surface area contributed by atoms with Crippen LogP contribution >= 0.6 is 0 Å². The van der Waals surface area contributed by atoms with Gasteiger partial charge in [0, 0.05) is 12.1 Å². The smallest absolute Gasteiger partial charge is 0.329 e. The van der Waals surface area contributed by atoms with Crippen molar-refractivity contribution in [1.29, 1.82) is 5.26 Å². The van der Waals surface area contributed by atoms with Crippen molar-refractivity contribution in [2.75, 3.05) is 6.54 Å². The number of carboxylic acid groups (broad SMARTS) is 1.